The molecular formula is C7H13ClNO. The molecule has 0 fully saturated rings. The summed E-state index contributed by atoms with van der Waals surface area (Å²) in [5, 5.41) is 2.64. The Morgan fingerprint density at radius 1 is 1.60 bits per heavy atom. The normalized spacial score (nSPS) is 9.90. The van der Waals surface area contributed by atoms with E-state index < -0.39 is 0 Å². The van der Waals surface area contributed by atoms with Crippen LogP contribution in [0.5, 0.6) is 0 Å². The minimum atomic E-state index is 0.580. The van der Waals surface area contributed by atoms with Crippen molar-refractivity contribution in [2.45, 2.75) is 26.2 Å². The second-order valence-electron chi connectivity index (χ2n) is 2.05. The molecule has 59 valence electrons. The summed E-state index contributed by atoms with van der Waals surface area (Å²) in [6.07, 6.45) is 3.48. The van der Waals surface area contributed by atoms with Crippen molar-refractivity contribution < 1.29 is 4.79 Å². The van der Waals surface area contributed by atoms with E-state index in [-0.39, 0.29) is 0 Å². The second-order valence-corrected chi connectivity index (χ2v) is 2.43. The van der Waals surface area contributed by atoms with Crippen molar-refractivity contribution in [3.05, 3.63) is 6.04 Å². The Bertz CT molecular complexity index is 81.7. The van der Waals surface area contributed by atoms with Gasteiger partial charge in [-0.25, -0.2) is 0 Å². The van der Waals surface area contributed by atoms with Crippen LogP contribution in [0.4, 0.5) is 0 Å². The molecule has 0 aliphatic carbocycles. The monoisotopic (exact) mass is 162 g/mol. The third-order valence-electron chi connectivity index (χ3n) is 1.21. The summed E-state index contributed by atoms with van der Waals surface area (Å²) in [5.74, 6) is 0.580. The van der Waals surface area contributed by atoms with E-state index in [1.165, 1.54) is 0 Å². The second kappa shape index (κ2) is 6.87. The Morgan fingerprint density at radius 3 is 2.70 bits per heavy atom. The predicted octanol–water partition coefficient (Wildman–Crippen LogP) is 1.69. The number of halogens is 1. The molecule has 0 atom stereocenters. The lowest BCUT2D eigenvalue weighted by Crippen LogP contribution is -2.19. The standard InChI is InChI=1S/C7H13ClNO/c1-2-3-7(4-5-8)9-6-10/h6H,2-5H2,1H3,(H,9,10). The molecule has 0 aliphatic rings. The maximum Gasteiger partial charge on any atom is 0.207 e. The van der Waals surface area contributed by atoms with Crippen LogP contribution in [-0.2, 0) is 4.79 Å². The molecule has 0 aliphatic heterocycles. The zero-order valence-corrected chi connectivity index (χ0v) is 6.95. The summed E-state index contributed by atoms with van der Waals surface area (Å²) in [4.78, 5) is 9.99. The summed E-state index contributed by atoms with van der Waals surface area (Å²) in [7, 11) is 0. The lowest BCUT2D eigenvalue weighted by molar-refractivity contribution is -0.109. The molecule has 0 aromatic carbocycles. The van der Waals surface area contributed by atoms with Gasteiger partial charge in [0.25, 0.3) is 0 Å². The lowest BCUT2D eigenvalue weighted by Gasteiger charge is -2.10. The first-order chi connectivity index (χ1) is 4.85. The SMILES string of the molecule is CCC[C](CCCl)NC=O. The number of rotatable bonds is 6. The van der Waals surface area contributed by atoms with Crippen LogP contribution in [0.2, 0.25) is 0 Å². The van der Waals surface area contributed by atoms with Gasteiger partial charge >= 0.3 is 0 Å². The lowest BCUT2D eigenvalue weighted by atomic mass is 10.1. The summed E-state index contributed by atoms with van der Waals surface area (Å²) >= 11 is 5.49. The molecule has 2 nitrogen and oxygen atoms in total. The minimum Gasteiger partial charge on any atom is -0.351 e. The Balaban J connectivity index is 3.38. The highest BCUT2D eigenvalue weighted by Crippen LogP contribution is 2.09. The predicted molar refractivity (Wildman–Crippen MR) is 42.7 cm³/mol. The molecule has 0 bridgehead atoms. The van der Waals surface area contributed by atoms with Crippen LogP contribution < -0.4 is 5.32 Å². The van der Waals surface area contributed by atoms with Crippen LogP contribution in [0.15, 0.2) is 0 Å². The van der Waals surface area contributed by atoms with Gasteiger partial charge in [-0.1, -0.05) is 13.3 Å². The van der Waals surface area contributed by atoms with E-state index in [0.717, 1.165) is 25.3 Å². The number of carbonyl (C=O) groups excluding carboxylic acids is 1. The van der Waals surface area contributed by atoms with Gasteiger partial charge in [-0.3, -0.25) is 4.79 Å². The highest BCUT2D eigenvalue weighted by Gasteiger charge is 2.04. The third kappa shape index (κ3) is 4.62. The Labute approximate surface area is 66.9 Å². The highest BCUT2D eigenvalue weighted by molar-refractivity contribution is 6.17. The molecule has 0 spiro atoms. The van der Waals surface area contributed by atoms with Crippen molar-refractivity contribution in [3.8, 4) is 0 Å². The van der Waals surface area contributed by atoms with Gasteiger partial charge in [-0.05, 0) is 12.8 Å². The van der Waals surface area contributed by atoms with E-state index in [0.29, 0.717) is 12.3 Å². The first kappa shape index (κ1) is 9.76. The van der Waals surface area contributed by atoms with Gasteiger partial charge in [0.2, 0.25) is 6.41 Å². The van der Waals surface area contributed by atoms with Crippen molar-refractivity contribution in [2.24, 2.45) is 0 Å². The quantitative estimate of drug-likeness (QED) is 0.468. The highest BCUT2D eigenvalue weighted by atomic mass is 35.5. The van der Waals surface area contributed by atoms with Gasteiger partial charge in [0, 0.05) is 5.88 Å². The Kier molecular flexibility index (Phi) is 6.71. The van der Waals surface area contributed by atoms with Crippen LogP contribution in [0.3, 0.4) is 0 Å². The molecule has 1 N–H and O–H groups in total. The van der Waals surface area contributed by atoms with Crippen molar-refractivity contribution in [1.82, 2.24) is 5.32 Å². The fourth-order valence-corrected chi connectivity index (χ4v) is 0.997. The maximum atomic E-state index is 9.99. The number of alkyl halides is 1. The van der Waals surface area contributed by atoms with Gasteiger partial charge in [0.1, 0.15) is 0 Å². The number of amides is 1. The zero-order valence-electron chi connectivity index (χ0n) is 6.19. The molecule has 0 rings (SSSR count). The van der Waals surface area contributed by atoms with Crippen LogP contribution >= 0.6 is 11.6 Å². The van der Waals surface area contributed by atoms with Crippen molar-refractivity contribution in [3.63, 3.8) is 0 Å². The number of hydrogen-bond donors (Lipinski definition) is 1. The summed E-state index contributed by atoms with van der Waals surface area (Å²) in [6, 6.07) is 1.03. The first-order valence-electron chi connectivity index (χ1n) is 3.46. The minimum absolute atomic E-state index is 0.580. The van der Waals surface area contributed by atoms with E-state index >= 15 is 0 Å². The summed E-state index contributed by atoms with van der Waals surface area (Å²) in [5.41, 5.74) is 0. The summed E-state index contributed by atoms with van der Waals surface area (Å²) < 4.78 is 0. The smallest absolute Gasteiger partial charge is 0.207 e. The molecule has 0 aromatic rings. The van der Waals surface area contributed by atoms with Crippen molar-refractivity contribution in [1.29, 1.82) is 0 Å². The fraction of sp³-hybridized carbons (Fsp3) is 0.714. The third-order valence-corrected chi connectivity index (χ3v) is 1.40. The van der Waals surface area contributed by atoms with Crippen LogP contribution in [0, 0.1) is 6.04 Å². The maximum absolute atomic E-state index is 9.99. The topological polar surface area (TPSA) is 29.1 Å². The van der Waals surface area contributed by atoms with Gasteiger partial charge < -0.3 is 5.32 Å². The van der Waals surface area contributed by atoms with E-state index in [4.69, 9.17) is 11.6 Å². The molecule has 0 aromatic heterocycles. The van der Waals surface area contributed by atoms with E-state index in [9.17, 15) is 4.79 Å². The van der Waals surface area contributed by atoms with Crippen LogP contribution in [0.25, 0.3) is 0 Å². The average Bonchev–Trinajstić information content (AvgIpc) is 1.90. The number of carbonyl (C=O) groups is 1. The molecule has 1 amide bonds. The molecule has 1 radical (unpaired) electrons. The molecule has 3 heteroatoms. The fourth-order valence-electron chi connectivity index (χ4n) is 0.769. The molecular weight excluding hydrogens is 150 g/mol. The van der Waals surface area contributed by atoms with Gasteiger partial charge in [0.15, 0.2) is 0 Å². The Hall–Kier alpha value is -0.240. The van der Waals surface area contributed by atoms with E-state index in [1.54, 1.807) is 0 Å². The number of nitrogens with one attached hydrogen (secondary N) is 1. The molecule has 0 saturated heterocycles. The van der Waals surface area contributed by atoms with E-state index in [2.05, 4.69) is 12.2 Å². The molecule has 10 heavy (non-hydrogen) atoms. The molecule has 0 unspecified atom stereocenters. The van der Waals surface area contributed by atoms with Gasteiger partial charge in [-0.2, -0.15) is 0 Å². The van der Waals surface area contributed by atoms with Gasteiger partial charge in [-0.15, -0.1) is 11.6 Å². The van der Waals surface area contributed by atoms with Gasteiger partial charge in [0.05, 0.1) is 6.04 Å². The largest absolute Gasteiger partial charge is 0.351 e. The van der Waals surface area contributed by atoms with Crippen molar-refractivity contribution in [2.75, 3.05) is 5.88 Å². The van der Waals surface area contributed by atoms with Crippen LogP contribution in [0.1, 0.15) is 26.2 Å². The zero-order chi connectivity index (χ0) is 7.82. The molecule has 0 saturated carbocycles. The van der Waals surface area contributed by atoms with E-state index in [1.807, 2.05) is 0 Å². The van der Waals surface area contributed by atoms with Crippen LogP contribution in [-0.4, -0.2) is 12.3 Å². The average molecular weight is 163 g/mol. The first-order valence-corrected chi connectivity index (χ1v) is 3.99. The number of hydrogen-bond acceptors (Lipinski definition) is 1. The van der Waals surface area contributed by atoms with Crippen molar-refractivity contribution >= 4 is 18.0 Å². The Morgan fingerprint density at radius 2 is 2.30 bits per heavy atom. The molecule has 0 heterocycles. The summed E-state index contributed by atoms with van der Waals surface area (Å²) in [6.45, 7) is 2.07.